The zero-order valence-corrected chi connectivity index (χ0v) is 13.0. The molecular formula is C13H21N5S. The third kappa shape index (κ3) is 3.33. The summed E-state index contributed by atoms with van der Waals surface area (Å²) in [5.41, 5.74) is 1.13. The molecule has 0 N–H and O–H groups in total. The summed E-state index contributed by atoms with van der Waals surface area (Å²) in [6.45, 7) is 3.83. The van der Waals surface area contributed by atoms with Gasteiger partial charge in [-0.15, -0.1) is 11.3 Å². The summed E-state index contributed by atoms with van der Waals surface area (Å²) in [5.74, 6) is 1.08. The van der Waals surface area contributed by atoms with Gasteiger partial charge < -0.3 is 9.47 Å². The van der Waals surface area contributed by atoms with Crippen LogP contribution < -0.4 is 4.90 Å². The number of rotatable bonds is 5. The molecule has 2 heterocycles. The third-order valence-electron chi connectivity index (χ3n) is 3.01. The lowest BCUT2D eigenvalue weighted by atomic mass is 10.3. The van der Waals surface area contributed by atoms with Crippen molar-refractivity contribution < 1.29 is 0 Å². The highest BCUT2D eigenvalue weighted by atomic mass is 32.1. The molecule has 2 rings (SSSR count). The second-order valence-electron chi connectivity index (χ2n) is 5.03. The number of hydrogen-bond donors (Lipinski definition) is 0. The molecule has 2 aromatic rings. The molecule has 0 aromatic carbocycles. The van der Waals surface area contributed by atoms with Crippen molar-refractivity contribution in [3.63, 3.8) is 0 Å². The zero-order valence-electron chi connectivity index (χ0n) is 12.2. The van der Waals surface area contributed by atoms with Gasteiger partial charge in [0.15, 0.2) is 5.13 Å². The first kappa shape index (κ1) is 14.0. The number of anilines is 1. The largest absolute Gasteiger partial charge is 0.354 e. The molecular weight excluding hydrogens is 258 g/mol. The maximum absolute atomic E-state index is 4.57. The van der Waals surface area contributed by atoms with Crippen molar-refractivity contribution in [3.05, 3.63) is 28.8 Å². The van der Waals surface area contributed by atoms with Crippen molar-refractivity contribution in [2.24, 2.45) is 7.05 Å². The van der Waals surface area contributed by atoms with Gasteiger partial charge in [-0.05, 0) is 14.0 Å². The lowest BCUT2D eigenvalue weighted by molar-refractivity contribution is 0.309. The molecule has 0 atom stereocenters. The van der Waals surface area contributed by atoms with Gasteiger partial charge in [-0.25, -0.2) is 9.97 Å². The zero-order chi connectivity index (χ0) is 14.0. The fourth-order valence-corrected chi connectivity index (χ4v) is 2.91. The average molecular weight is 279 g/mol. The fourth-order valence-electron chi connectivity index (χ4n) is 1.84. The number of thiazole rings is 1. The van der Waals surface area contributed by atoms with Crippen LogP contribution in [0.2, 0.25) is 0 Å². The summed E-state index contributed by atoms with van der Waals surface area (Å²) >= 11 is 1.76. The maximum Gasteiger partial charge on any atom is 0.185 e. The van der Waals surface area contributed by atoms with E-state index in [9.17, 15) is 0 Å². The van der Waals surface area contributed by atoms with E-state index in [-0.39, 0.29) is 0 Å². The summed E-state index contributed by atoms with van der Waals surface area (Å²) < 4.78 is 2.06. The first-order valence-electron chi connectivity index (χ1n) is 6.25. The highest BCUT2D eigenvalue weighted by molar-refractivity contribution is 7.15. The van der Waals surface area contributed by atoms with Crippen LogP contribution in [0.1, 0.15) is 16.4 Å². The Balaban J connectivity index is 2.02. The average Bonchev–Trinajstić information content (AvgIpc) is 2.87. The number of nitrogens with zero attached hydrogens (tertiary/aromatic N) is 5. The van der Waals surface area contributed by atoms with Crippen LogP contribution in [0.25, 0.3) is 0 Å². The maximum atomic E-state index is 4.57. The minimum Gasteiger partial charge on any atom is -0.354 e. The monoisotopic (exact) mass is 279 g/mol. The van der Waals surface area contributed by atoms with E-state index < -0.39 is 0 Å². The van der Waals surface area contributed by atoms with E-state index >= 15 is 0 Å². The van der Waals surface area contributed by atoms with Gasteiger partial charge in [0, 0.05) is 45.0 Å². The van der Waals surface area contributed by atoms with Crippen molar-refractivity contribution in [1.82, 2.24) is 19.4 Å². The van der Waals surface area contributed by atoms with Crippen LogP contribution in [0, 0.1) is 6.92 Å². The van der Waals surface area contributed by atoms with Gasteiger partial charge in [0.05, 0.1) is 12.2 Å². The second kappa shape index (κ2) is 5.71. The third-order valence-corrected chi connectivity index (χ3v) is 4.32. The summed E-state index contributed by atoms with van der Waals surface area (Å²) in [4.78, 5) is 14.6. The van der Waals surface area contributed by atoms with Crippen molar-refractivity contribution >= 4 is 16.5 Å². The number of aryl methyl sites for hydroxylation is 2. The van der Waals surface area contributed by atoms with E-state index in [2.05, 4.69) is 38.3 Å². The van der Waals surface area contributed by atoms with Crippen LogP contribution in [-0.4, -0.2) is 40.6 Å². The van der Waals surface area contributed by atoms with Crippen LogP contribution in [0.4, 0.5) is 5.13 Å². The molecule has 104 valence electrons. The number of hydrogen-bond acceptors (Lipinski definition) is 5. The molecule has 0 saturated heterocycles. The molecule has 0 saturated carbocycles. The smallest absolute Gasteiger partial charge is 0.185 e. The Kier molecular flexibility index (Phi) is 4.21. The highest BCUT2D eigenvalue weighted by Crippen LogP contribution is 2.25. The predicted molar refractivity (Wildman–Crippen MR) is 79.6 cm³/mol. The van der Waals surface area contributed by atoms with E-state index in [1.807, 2.05) is 33.5 Å². The SMILES string of the molecule is Cc1nc(N(C)C)sc1CN(C)Cc1nccn1C. The van der Waals surface area contributed by atoms with Gasteiger partial charge in [0.2, 0.25) is 0 Å². The van der Waals surface area contributed by atoms with Crippen LogP contribution >= 0.6 is 11.3 Å². The summed E-state index contributed by atoms with van der Waals surface area (Å²) in [5, 5.41) is 1.07. The van der Waals surface area contributed by atoms with E-state index in [1.165, 1.54) is 4.88 Å². The molecule has 0 aliphatic carbocycles. The molecule has 0 aliphatic heterocycles. The quantitative estimate of drug-likeness (QED) is 0.837. The molecule has 19 heavy (non-hydrogen) atoms. The fraction of sp³-hybridized carbons (Fsp3) is 0.538. The van der Waals surface area contributed by atoms with Crippen LogP contribution in [0.5, 0.6) is 0 Å². The van der Waals surface area contributed by atoms with Gasteiger partial charge >= 0.3 is 0 Å². The Labute approximate surface area is 118 Å². The number of imidazole rings is 1. The van der Waals surface area contributed by atoms with Gasteiger partial charge in [0.1, 0.15) is 5.82 Å². The summed E-state index contributed by atoms with van der Waals surface area (Å²) in [7, 11) is 8.20. The molecule has 0 radical (unpaired) electrons. The lowest BCUT2D eigenvalue weighted by Gasteiger charge is -2.15. The topological polar surface area (TPSA) is 37.2 Å². The van der Waals surface area contributed by atoms with E-state index in [1.54, 1.807) is 11.3 Å². The van der Waals surface area contributed by atoms with Crippen molar-refractivity contribution in [2.75, 3.05) is 26.0 Å². The van der Waals surface area contributed by atoms with Crippen LogP contribution in [-0.2, 0) is 20.1 Å². The van der Waals surface area contributed by atoms with Crippen LogP contribution in [0.15, 0.2) is 12.4 Å². The highest BCUT2D eigenvalue weighted by Gasteiger charge is 2.12. The predicted octanol–water partition coefficient (Wildman–Crippen LogP) is 1.88. The molecule has 0 unspecified atom stereocenters. The van der Waals surface area contributed by atoms with Crippen molar-refractivity contribution in [3.8, 4) is 0 Å². The normalized spacial score (nSPS) is 11.3. The standard InChI is InChI=1S/C13H21N5S/c1-10-11(19-13(15-10)16(2)3)8-17(4)9-12-14-6-7-18(12)5/h6-7H,8-9H2,1-5H3. The van der Waals surface area contributed by atoms with E-state index in [4.69, 9.17) is 0 Å². The molecule has 5 nitrogen and oxygen atoms in total. The molecule has 6 heteroatoms. The van der Waals surface area contributed by atoms with E-state index in [0.29, 0.717) is 0 Å². The Morgan fingerprint density at radius 3 is 2.53 bits per heavy atom. The first-order chi connectivity index (χ1) is 8.97. The molecule has 0 aliphatic rings. The Hall–Kier alpha value is -1.40. The van der Waals surface area contributed by atoms with Crippen molar-refractivity contribution in [2.45, 2.75) is 20.0 Å². The molecule has 2 aromatic heterocycles. The molecule has 0 amide bonds. The van der Waals surface area contributed by atoms with Crippen molar-refractivity contribution in [1.29, 1.82) is 0 Å². The van der Waals surface area contributed by atoms with E-state index in [0.717, 1.165) is 29.7 Å². The molecule has 0 spiro atoms. The molecule has 0 fully saturated rings. The molecule has 0 bridgehead atoms. The Morgan fingerprint density at radius 1 is 1.26 bits per heavy atom. The summed E-state index contributed by atoms with van der Waals surface area (Å²) in [6.07, 6.45) is 3.82. The van der Waals surface area contributed by atoms with Gasteiger partial charge in [-0.1, -0.05) is 0 Å². The van der Waals surface area contributed by atoms with Gasteiger partial charge in [-0.3, -0.25) is 4.90 Å². The number of aromatic nitrogens is 3. The summed E-state index contributed by atoms with van der Waals surface area (Å²) in [6, 6.07) is 0. The second-order valence-corrected chi connectivity index (χ2v) is 6.09. The lowest BCUT2D eigenvalue weighted by Crippen LogP contribution is -2.19. The minimum absolute atomic E-state index is 0.845. The van der Waals surface area contributed by atoms with Gasteiger partial charge in [0.25, 0.3) is 0 Å². The Morgan fingerprint density at radius 2 is 2.00 bits per heavy atom. The van der Waals surface area contributed by atoms with Crippen LogP contribution in [0.3, 0.4) is 0 Å². The first-order valence-corrected chi connectivity index (χ1v) is 7.07. The minimum atomic E-state index is 0.845. The van der Waals surface area contributed by atoms with Gasteiger partial charge in [-0.2, -0.15) is 0 Å². The Bertz CT molecular complexity index is 543.